The molecule has 1 aliphatic carbocycles. The van der Waals surface area contributed by atoms with E-state index in [1.807, 2.05) is 18.7 Å². The van der Waals surface area contributed by atoms with Crippen molar-refractivity contribution in [3.05, 3.63) is 18.7 Å². The molecule has 1 heterocycles. The standard InChI is InChI=1S/C15H27N3/c1-12-9-15(3,4)6-5-14(12)17-13(2)10-18-8-7-16-11-18/h7-8,11-14,17H,5-6,9-10H2,1-4H3. The molecule has 1 saturated carbocycles. The van der Waals surface area contributed by atoms with Crippen LogP contribution in [0.4, 0.5) is 0 Å². The lowest BCUT2D eigenvalue weighted by Gasteiger charge is -2.40. The number of aromatic nitrogens is 2. The number of rotatable bonds is 4. The van der Waals surface area contributed by atoms with Crippen LogP contribution < -0.4 is 5.32 Å². The van der Waals surface area contributed by atoms with Gasteiger partial charge in [-0.1, -0.05) is 20.8 Å². The van der Waals surface area contributed by atoms with Gasteiger partial charge in [0.05, 0.1) is 6.33 Å². The third-order valence-electron chi connectivity index (χ3n) is 4.24. The van der Waals surface area contributed by atoms with Crippen LogP contribution in [0.5, 0.6) is 0 Å². The molecule has 3 unspecified atom stereocenters. The number of hydrogen-bond donors (Lipinski definition) is 1. The van der Waals surface area contributed by atoms with Gasteiger partial charge in [0.15, 0.2) is 0 Å². The number of hydrogen-bond acceptors (Lipinski definition) is 2. The van der Waals surface area contributed by atoms with E-state index in [0.29, 0.717) is 17.5 Å². The second-order valence-electron chi connectivity index (χ2n) is 6.82. The van der Waals surface area contributed by atoms with E-state index in [1.54, 1.807) is 0 Å². The third kappa shape index (κ3) is 3.58. The summed E-state index contributed by atoms with van der Waals surface area (Å²) in [5.74, 6) is 0.777. The fraction of sp³-hybridized carbons (Fsp3) is 0.800. The topological polar surface area (TPSA) is 29.9 Å². The summed E-state index contributed by atoms with van der Waals surface area (Å²) in [6, 6.07) is 1.18. The first-order chi connectivity index (χ1) is 8.46. The molecule has 0 aliphatic heterocycles. The zero-order valence-corrected chi connectivity index (χ0v) is 12.2. The van der Waals surface area contributed by atoms with Crippen LogP contribution in [0.25, 0.3) is 0 Å². The monoisotopic (exact) mass is 249 g/mol. The van der Waals surface area contributed by atoms with Crippen molar-refractivity contribution in [3.63, 3.8) is 0 Å². The van der Waals surface area contributed by atoms with Crippen LogP contribution in [-0.4, -0.2) is 21.6 Å². The van der Waals surface area contributed by atoms with Crippen LogP contribution in [0.3, 0.4) is 0 Å². The van der Waals surface area contributed by atoms with E-state index in [9.17, 15) is 0 Å². The van der Waals surface area contributed by atoms with E-state index in [0.717, 1.165) is 12.5 Å². The van der Waals surface area contributed by atoms with E-state index in [2.05, 4.69) is 42.6 Å². The number of nitrogens with zero attached hydrogens (tertiary/aromatic N) is 2. The molecule has 0 radical (unpaired) electrons. The van der Waals surface area contributed by atoms with Gasteiger partial charge in [-0.2, -0.15) is 0 Å². The van der Waals surface area contributed by atoms with Crippen LogP contribution in [0.1, 0.15) is 47.0 Å². The van der Waals surface area contributed by atoms with E-state index < -0.39 is 0 Å². The molecular weight excluding hydrogens is 222 g/mol. The van der Waals surface area contributed by atoms with Crippen molar-refractivity contribution in [1.29, 1.82) is 0 Å². The Balaban J connectivity index is 1.82. The van der Waals surface area contributed by atoms with Gasteiger partial charge in [0, 0.05) is 31.0 Å². The fourth-order valence-electron chi connectivity index (χ4n) is 3.32. The van der Waals surface area contributed by atoms with Crippen molar-refractivity contribution in [1.82, 2.24) is 14.9 Å². The first kappa shape index (κ1) is 13.6. The largest absolute Gasteiger partial charge is 0.336 e. The summed E-state index contributed by atoms with van der Waals surface area (Å²) >= 11 is 0. The first-order valence-electron chi connectivity index (χ1n) is 7.18. The zero-order valence-electron chi connectivity index (χ0n) is 12.2. The highest BCUT2D eigenvalue weighted by molar-refractivity contribution is 4.88. The highest BCUT2D eigenvalue weighted by atomic mass is 15.1. The molecule has 1 aliphatic rings. The van der Waals surface area contributed by atoms with E-state index in [1.165, 1.54) is 19.3 Å². The van der Waals surface area contributed by atoms with Crippen LogP contribution in [0.2, 0.25) is 0 Å². The smallest absolute Gasteiger partial charge is 0.0946 e. The maximum atomic E-state index is 4.09. The first-order valence-corrected chi connectivity index (χ1v) is 7.18. The zero-order chi connectivity index (χ0) is 13.2. The molecule has 1 aromatic rings. The molecule has 0 spiro atoms. The lowest BCUT2D eigenvalue weighted by molar-refractivity contribution is 0.141. The summed E-state index contributed by atoms with van der Waals surface area (Å²) in [4.78, 5) is 4.09. The Kier molecular flexibility index (Phi) is 4.10. The quantitative estimate of drug-likeness (QED) is 0.888. The highest BCUT2D eigenvalue weighted by Gasteiger charge is 2.32. The van der Waals surface area contributed by atoms with E-state index in [4.69, 9.17) is 0 Å². The minimum absolute atomic E-state index is 0.507. The summed E-state index contributed by atoms with van der Waals surface area (Å²) in [6.07, 6.45) is 9.76. The minimum atomic E-state index is 0.507. The molecule has 3 heteroatoms. The number of nitrogens with one attached hydrogen (secondary N) is 1. The highest BCUT2D eigenvalue weighted by Crippen LogP contribution is 2.38. The summed E-state index contributed by atoms with van der Waals surface area (Å²) < 4.78 is 2.15. The normalized spacial score (nSPS) is 29.1. The molecular formula is C15H27N3. The van der Waals surface area contributed by atoms with Gasteiger partial charge >= 0.3 is 0 Å². The molecule has 2 rings (SSSR count). The Morgan fingerprint density at radius 1 is 1.50 bits per heavy atom. The van der Waals surface area contributed by atoms with Gasteiger partial charge in [0.1, 0.15) is 0 Å². The molecule has 18 heavy (non-hydrogen) atoms. The maximum absolute atomic E-state index is 4.09. The van der Waals surface area contributed by atoms with Crippen LogP contribution >= 0.6 is 0 Å². The molecule has 1 fully saturated rings. The van der Waals surface area contributed by atoms with E-state index >= 15 is 0 Å². The van der Waals surface area contributed by atoms with Crippen molar-refractivity contribution in [2.45, 2.75) is 65.6 Å². The molecule has 0 amide bonds. The molecule has 1 N–H and O–H groups in total. The van der Waals surface area contributed by atoms with Gasteiger partial charge < -0.3 is 9.88 Å². The van der Waals surface area contributed by atoms with Crippen molar-refractivity contribution in [3.8, 4) is 0 Å². The fourth-order valence-corrected chi connectivity index (χ4v) is 3.32. The molecule has 1 aromatic heterocycles. The molecule has 3 atom stereocenters. The third-order valence-corrected chi connectivity index (χ3v) is 4.24. The molecule has 0 aromatic carbocycles. The van der Waals surface area contributed by atoms with E-state index in [-0.39, 0.29) is 0 Å². The van der Waals surface area contributed by atoms with Gasteiger partial charge in [-0.25, -0.2) is 4.98 Å². The van der Waals surface area contributed by atoms with Crippen LogP contribution in [-0.2, 0) is 6.54 Å². The summed E-state index contributed by atoms with van der Waals surface area (Å²) in [5.41, 5.74) is 0.533. The lowest BCUT2D eigenvalue weighted by Crippen LogP contribution is -2.46. The van der Waals surface area contributed by atoms with Gasteiger partial charge in [0.25, 0.3) is 0 Å². The van der Waals surface area contributed by atoms with Gasteiger partial charge in [-0.15, -0.1) is 0 Å². The summed E-state index contributed by atoms with van der Waals surface area (Å²) in [7, 11) is 0. The van der Waals surface area contributed by atoms with Crippen LogP contribution in [0.15, 0.2) is 18.7 Å². The molecule has 102 valence electrons. The van der Waals surface area contributed by atoms with Crippen molar-refractivity contribution < 1.29 is 0 Å². The minimum Gasteiger partial charge on any atom is -0.336 e. The Bertz CT molecular complexity index is 356. The Labute approximate surface area is 111 Å². The van der Waals surface area contributed by atoms with Gasteiger partial charge in [-0.05, 0) is 37.5 Å². The maximum Gasteiger partial charge on any atom is 0.0946 e. The van der Waals surface area contributed by atoms with Crippen molar-refractivity contribution in [2.24, 2.45) is 11.3 Å². The van der Waals surface area contributed by atoms with Gasteiger partial charge in [0.2, 0.25) is 0 Å². The van der Waals surface area contributed by atoms with Crippen molar-refractivity contribution >= 4 is 0 Å². The predicted molar refractivity (Wildman–Crippen MR) is 75.4 cm³/mol. The Hall–Kier alpha value is -0.830. The molecule has 3 nitrogen and oxygen atoms in total. The SMILES string of the molecule is CC(Cn1ccnc1)NC1CCC(C)(C)CC1C. The summed E-state index contributed by atoms with van der Waals surface area (Å²) in [6.45, 7) is 10.5. The second kappa shape index (κ2) is 5.43. The van der Waals surface area contributed by atoms with Crippen LogP contribution in [0, 0.1) is 11.3 Å². The number of imidazole rings is 1. The molecule has 0 bridgehead atoms. The summed E-state index contributed by atoms with van der Waals surface area (Å²) in [5, 5.41) is 3.80. The second-order valence-corrected chi connectivity index (χ2v) is 6.82. The van der Waals surface area contributed by atoms with Gasteiger partial charge in [-0.3, -0.25) is 0 Å². The average molecular weight is 249 g/mol. The van der Waals surface area contributed by atoms with Crippen molar-refractivity contribution in [2.75, 3.05) is 0 Å². The Morgan fingerprint density at radius 2 is 2.28 bits per heavy atom. The lowest BCUT2D eigenvalue weighted by atomic mass is 9.70. The predicted octanol–water partition coefficient (Wildman–Crippen LogP) is 3.08. The average Bonchev–Trinajstić information content (AvgIpc) is 2.74. The molecule has 0 saturated heterocycles. The Morgan fingerprint density at radius 3 is 2.89 bits per heavy atom.